The minimum atomic E-state index is 0.100. The van der Waals surface area contributed by atoms with Crippen molar-refractivity contribution in [1.29, 1.82) is 0 Å². The maximum Gasteiger partial charge on any atom is 0.194 e. The molecular formula is C21H35N5O. The summed E-state index contributed by atoms with van der Waals surface area (Å²) in [7, 11) is 0. The molecule has 150 valence electrons. The van der Waals surface area contributed by atoms with E-state index < -0.39 is 0 Å². The van der Waals surface area contributed by atoms with Gasteiger partial charge in [0.05, 0.1) is 19.3 Å². The molecule has 0 aromatic carbocycles. The number of pyridine rings is 1. The van der Waals surface area contributed by atoms with E-state index in [1.54, 1.807) is 0 Å². The molecule has 6 nitrogen and oxygen atoms in total. The molecular weight excluding hydrogens is 338 g/mol. The van der Waals surface area contributed by atoms with Crippen LogP contribution in [0.25, 0.3) is 0 Å². The van der Waals surface area contributed by atoms with E-state index in [1.165, 1.54) is 0 Å². The van der Waals surface area contributed by atoms with Gasteiger partial charge in [-0.05, 0) is 39.3 Å². The second kappa shape index (κ2) is 7.66. The summed E-state index contributed by atoms with van der Waals surface area (Å²) >= 11 is 0. The van der Waals surface area contributed by atoms with Crippen LogP contribution in [0, 0.1) is 5.41 Å². The number of morpholine rings is 1. The lowest BCUT2D eigenvalue weighted by atomic mass is 9.65. The summed E-state index contributed by atoms with van der Waals surface area (Å²) in [6, 6.07) is 4.24. The third-order valence-corrected chi connectivity index (χ3v) is 6.26. The summed E-state index contributed by atoms with van der Waals surface area (Å²) in [5.41, 5.74) is 1.53. The van der Waals surface area contributed by atoms with Crippen LogP contribution in [-0.2, 0) is 11.3 Å². The van der Waals surface area contributed by atoms with E-state index in [-0.39, 0.29) is 11.6 Å². The average Bonchev–Trinajstić information content (AvgIpc) is 2.64. The molecule has 3 heterocycles. The third kappa shape index (κ3) is 4.05. The van der Waals surface area contributed by atoms with Crippen molar-refractivity contribution in [3.63, 3.8) is 0 Å². The van der Waals surface area contributed by atoms with Gasteiger partial charge in [-0.3, -0.25) is 0 Å². The van der Waals surface area contributed by atoms with Gasteiger partial charge in [0.2, 0.25) is 0 Å². The summed E-state index contributed by atoms with van der Waals surface area (Å²) in [6.45, 7) is 18.6. The summed E-state index contributed by atoms with van der Waals surface area (Å²) in [5, 5.41) is 3.45. The molecule has 1 aromatic rings. The SMILES string of the molecule is CCNC(=NCc1ccc(N2CCOC(C)C2)nc1)N1CC(C)(C)C1(C)C. The van der Waals surface area contributed by atoms with Crippen LogP contribution in [0.2, 0.25) is 0 Å². The lowest BCUT2D eigenvalue weighted by molar-refractivity contribution is -0.0667. The highest BCUT2D eigenvalue weighted by molar-refractivity contribution is 5.82. The Morgan fingerprint density at radius 3 is 2.67 bits per heavy atom. The third-order valence-electron chi connectivity index (χ3n) is 6.26. The highest BCUT2D eigenvalue weighted by Crippen LogP contribution is 2.46. The molecule has 1 N–H and O–H groups in total. The minimum absolute atomic E-state index is 0.100. The standard InChI is InChI=1S/C21H35N5O/c1-7-22-19(26-15-20(3,4)21(26,5)6)24-13-17-8-9-18(23-12-17)25-10-11-27-16(2)14-25/h8-9,12,16H,7,10-11,13-15H2,1-6H3,(H,22,24). The monoisotopic (exact) mass is 373 g/mol. The van der Waals surface area contributed by atoms with Gasteiger partial charge in [-0.2, -0.15) is 0 Å². The first-order valence-corrected chi connectivity index (χ1v) is 10.1. The van der Waals surface area contributed by atoms with Crippen LogP contribution in [0.3, 0.4) is 0 Å². The largest absolute Gasteiger partial charge is 0.375 e. The smallest absolute Gasteiger partial charge is 0.194 e. The highest BCUT2D eigenvalue weighted by Gasteiger charge is 2.53. The Bertz CT molecular complexity index is 668. The summed E-state index contributed by atoms with van der Waals surface area (Å²) in [4.78, 5) is 14.2. The van der Waals surface area contributed by atoms with Crippen molar-refractivity contribution in [2.24, 2.45) is 10.4 Å². The predicted molar refractivity (Wildman–Crippen MR) is 111 cm³/mol. The number of ether oxygens (including phenoxy) is 1. The van der Waals surface area contributed by atoms with Gasteiger partial charge in [0.25, 0.3) is 0 Å². The number of aliphatic imine (C=N–C) groups is 1. The van der Waals surface area contributed by atoms with Crippen LogP contribution in [-0.4, -0.2) is 60.3 Å². The van der Waals surface area contributed by atoms with E-state index in [9.17, 15) is 0 Å². The molecule has 0 bridgehead atoms. The Labute approximate surface area is 164 Å². The Hall–Kier alpha value is -1.82. The zero-order chi connectivity index (χ0) is 19.7. The molecule has 2 fully saturated rings. The summed E-state index contributed by atoms with van der Waals surface area (Å²) in [6.07, 6.45) is 2.21. The maximum absolute atomic E-state index is 5.61. The number of likely N-dealkylation sites (tertiary alicyclic amines) is 1. The van der Waals surface area contributed by atoms with Gasteiger partial charge in [0.1, 0.15) is 5.82 Å². The lowest BCUT2D eigenvalue weighted by Crippen LogP contribution is -2.72. The molecule has 27 heavy (non-hydrogen) atoms. The Kier molecular flexibility index (Phi) is 5.65. The molecule has 0 radical (unpaired) electrons. The van der Waals surface area contributed by atoms with Crippen molar-refractivity contribution < 1.29 is 4.74 Å². The highest BCUT2D eigenvalue weighted by atomic mass is 16.5. The van der Waals surface area contributed by atoms with Gasteiger partial charge in [0.15, 0.2) is 5.96 Å². The normalized spacial score (nSPS) is 24.5. The number of guanidine groups is 1. The Morgan fingerprint density at radius 2 is 2.11 bits per heavy atom. The number of hydrogen-bond donors (Lipinski definition) is 1. The van der Waals surface area contributed by atoms with Gasteiger partial charge in [-0.25, -0.2) is 9.98 Å². The number of anilines is 1. The van der Waals surface area contributed by atoms with E-state index in [0.29, 0.717) is 12.0 Å². The number of nitrogens with zero attached hydrogens (tertiary/aromatic N) is 4. The molecule has 2 aliphatic heterocycles. The van der Waals surface area contributed by atoms with Crippen LogP contribution in [0.4, 0.5) is 5.82 Å². The van der Waals surface area contributed by atoms with Crippen molar-refractivity contribution in [3.8, 4) is 0 Å². The van der Waals surface area contributed by atoms with Crippen molar-refractivity contribution >= 4 is 11.8 Å². The quantitative estimate of drug-likeness (QED) is 0.650. The van der Waals surface area contributed by atoms with Crippen LogP contribution < -0.4 is 10.2 Å². The van der Waals surface area contributed by atoms with E-state index in [2.05, 4.69) is 73.8 Å². The molecule has 0 amide bonds. The molecule has 1 unspecified atom stereocenters. The Balaban J connectivity index is 1.66. The lowest BCUT2D eigenvalue weighted by Gasteiger charge is -2.62. The first kappa shape index (κ1) is 19.9. The molecule has 2 saturated heterocycles. The van der Waals surface area contributed by atoms with Gasteiger partial charge >= 0.3 is 0 Å². The number of rotatable bonds is 4. The molecule has 0 saturated carbocycles. The maximum atomic E-state index is 5.61. The van der Waals surface area contributed by atoms with Crippen LogP contribution >= 0.6 is 0 Å². The molecule has 2 aliphatic rings. The summed E-state index contributed by atoms with van der Waals surface area (Å²) in [5.74, 6) is 2.02. The second-order valence-corrected chi connectivity index (χ2v) is 8.85. The molecule has 1 atom stereocenters. The number of hydrogen-bond acceptors (Lipinski definition) is 4. The fourth-order valence-electron chi connectivity index (χ4n) is 3.68. The van der Waals surface area contributed by atoms with E-state index in [1.807, 2.05) is 6.20 Å². The molecule has 0 aliphatic carbocycles. The fraction of sp³-hybridized carbons (Fsp3) is 0.714. The van der Waals surface area contributed by atoms with Crippen molar-refractivity contribution in [3.05, 3.63) is 23.9 Å². The molecule has 1 aromatic heterocycles. The topological polar surface area (TPSA) is 53.0 Å². The van der Waals surface area contributed by atoms with Crippen LogP contribution in [0.1, 0.15) is 47.1 Å². The summed E-state index contributed by atoms with van der Waals surface area (Å²) < 4.78 is 5.61. The van der Waals surface area contributed by atoms with Crippen molar-refractivity contribution in [2.75, 3.05) is 37.7 Å². The number of aromatic nitrogens is 1. The van der Waals surface area contributed by atoms with Gasteiger partial charge in [-0.15, -0.1) is 0 Å². The fourth-order valence-corrected chi connectivity index (χ4v) is 3.68. The molecule has 3 rings (SSSR count). The predicted octanol–water partition coefficient (Wildman–Crippen LogP) is 2.89. The van der Waals surface area contributed by atoms with E-state index >= 15 is 0 Å². The van der Waals surface area contributed by atoms with Gasteiger partial charge in [0, 0.05) is 43.3 Å². The minimum Gasteiger partial charge on any atom is -0.375 e. The van der Waals surface area contributed by atoms with Crippen LogP contribution in [0.5, 0.6) is 0 Å². The van der Waals surface area contributed by atoms with Crippen LogP contribution in [0.15, 0.2) is 23.3 Å². The molecule has 6 heteroatoms. The molecule has 0 spiro atoms. The van der Waals surface area contributed by atoms with Crippen molar-refractivity contribution in [2.45, 2.75) is 59.7 Å². The van der Waals surface area contributed by atoms with Crippen molar-refractivity contribution in [1.82, 2.24) is 15.2 Å². The van der Waals surface area contributed by atoms with Gasteiger partial charge in [-0.1, -0.05) is 19.9 Å². The average molecular weight is 374 g/mol. The van der Waals surface area contributed by atoms with E-state index in [0.717, 1.165) is 50.1 Å². The first-order chi connectivity index (χ1) is 12.7. The zero-order valence-corrected chi connectivity index (χ0v) is 17.7. The van der Waals surface area contributed by atoms with E-state index in [4.69, 9.17) is 9.73 Å². The first-order valence-electron chi connectivity index (χ1n) is 10.1. The zero-order valence-electron chi connectivity index (χ0n) is 17.7. The van der Waals surface area contributed by atoms with Gasteiger partial charge < -0.3 is 19.9 Å². The second-order valence-electron chi connectivity index (χ2n) is 8.85. The Morgan fingerprint density at radius 1 is 1.33 bits per heavy atom. The number of nitrogens with one attached hydrogen (secondary N) is 1.